The lowest BCUT2D eigenvalue weighted by Gasteiger charge is -2.27. The summed E-state index contributed by atoms with van der Waals surface area (Å²) in [7, 11) is 2.13. The number of hydrogen-bond acceptors (Lipinski definition) is 2. The highest BCUT2D eigenvalue weighted by Gasteiger charge is 2.09. The van der Waals surface area contributed by atoms with Crippen LogP contribution in [0.15, 0.2) is 36.4 Å². The van der Waals surface area contributed by atoms with Crippen LogP contribution >= 0.6 is 0 Å². The summed E-state index contributed by atoms with van der Waals surface area (Å²) in [4.78, 5) is 2.30. The van der Waals surface area contributed by atoms with Crippen molar-refractivity contribution in [3.8, 4) is 0 Å². The van der Waals surface area contributed by atoms with Crippen LogP contribution in [0.25, 0.3) is 10.8 Å². The van der Waals surface area contributed by atoms with Gasteiger partial charge in [0.2, 0.25) is 0 Å². The summed E-state index contributed by atoms with van der Waals surface area (Å²) in [5.74, 6) is 0. The maximum absolute atomic E-state index is 5.63. The number of anilines is 1. The highest BCUT2D eigenvalue weighted by atomic mass is 15.1. The highest BCUT2D eigenvalue weighted by Crippen LogP contribution is 2.24. The molecule has 1 unspecified atom stereocenters. The van der Waals surface area contributed by atoms with E-state index in [1.807, 2.05) is 0 Å². The fourth-order valence-corrected chi connectivity index (χ4v) is 2.26. The number of hydrogen-bond donors (Lipinski definition) is 1. The molecule has 2 nitrogen and oxygen atoms in total. The summed E-state index contributed by atoms with van der Waals surface area (Å²) in [5.41, 5.74) is 8.19. The average molecular weight is 242 g/mol. The molecule has 2 N–H and O–H groups in total. The molecule has 2 heteroatoms. The highest BCUT2D eigenvalue weighted by molar-refractivity contribution is 5.86. The first-order valence-electron chi connectivity index (χ1n) is 6.55. The molecule has 2 aromatic rings. The van der Waals surface area contributed by atoms with Crippen molar-refractivity contribution < 1.29 is 0 Å². The number of nitrogens with zero attached hydrogens (tertiary/aromatic N) is 1. The quantitative estimate of drug-likeness (QED) is 0.891. The maximum Gasteiger partial charge on any atom is 0.0372 e. The lowest BCUT2D eigenvalue weighted by atomic mass is 10.1. The number of aryl methyl sites for hydroxylation is 1. The Bertz CT molecular complexity index is 534. The fourth-order valence-electron chi connectivity index (χ4n) is 2.26. The zero-order valence-corrected chi connectivity index (χ0v) is 11.5. The Morgan fingerprint density at radius 2 is 1.78 bits per heavy atom. The van der Waals surface area contributed by atoms with Gasteiger partial charge in [0, 0.05) is 18.8 Å². The molecule has 0 amide bonds. The third kappa shape index (κ3) is 2.65. The van der Waals surface area contributed by atoms with Crippen LogP contribution in [-0.2, 0) is 0 Å². The van der Waals surface area contributed by atoms with Gasteiger partial charge < -0.3 is 10.6 Å². The summed E-state index contributed by atoms with van der Waals surface area (Å²) in [6.45, 7) is 5.08. The Hall–Kier alpha value is -1.54. The molecule has 0 fully saturated rings. The normalized spacial score (nSPS) is 12.7. The smallest absolute Gasteiger partial charge is 0.0372 e. The van der Waals surface area contributed by atoms with Crippen LogP contribution < -0.4 is 10.6 Å². The zero-order valence-electron chi connectivity index (χ0n) is 11.5. The zero-order chi connectivity index (χ0) is 13.1. The molecule has 0 bridgehead atoms. The van der Waals surface area contributed by atoms with Crippen LogP contribution in [0, 0.1) is 6.92 Å². The standard InChI is InChI=1S/C16H22N2/c1-12-4-5-15-11-16(7-6-14(15)10-12)18(3)13(2)8-9-17/h4-7,10-11,13H,8-9,17H2,1-3H3. The predicted octanol–water partition coefficient (Wildman–Crippen LogP) is 3.32. The third-order valence-electron chi connectivity index (χ3n) is 3.63. The van der Waals surface area contributed by atoms with E-state index in [9.17, 15) is 0 Å². The summed E-state index contributed by atoms with van der Waals surface area (Å²) in [6, 6.07) is 13.7. The van der Waals surface area contributed by atoms with Crippen LogP contribution in [0.4, 0.5) is 5.69 Å². The van der Waals surface area contributed by atoms with E-state index in [2.05, 4.69) is 62.2 Å². The molecular weight excluding hydrogens is 220 g/mol. The Balaban J connectivity index is 2.32. The van der Waals surface area contributed by atoms with E-state index in [-0.39, 0.29) is 0 Å². The minimum absolute atomic E-state index is 0.470. The van der Waals surface area contributed by atoms with E-state index < -0.39 is 0 Å². The monoisotopic (exact) mass is 242 g/mol. The molecule has 0 radical (unpaired) electrons. The second-order valence-electron chi connectivity index (χ2n) is 5.07. The number of benzene rings is 2. The van der Waals surface area contributed by atoms with Gasteiger partial charge in [0.25, 0.3) is 0 Å². The van der Waals surface area contributed by atoms with Crippen molar-refractivity contribution in [2.24, 2.45) is 5.73 Å². The summed E-state index contributed by atoms with van der Waals surface area (Å²) in [6.07, 6.45) is 1.02. The minimum Gasteiger partial charge on any atom is -0.372 e. The van der Waals surface area contributed by atoms with Crippen LogP contribution in [-0.4, -0.2) is 19.6 Å². The van der Waals surface area contributed by atoms with Gasteiger partial charge in [-0.1, -0.05) is 29.8 Å². The van der Waals surface area contributed by atoms with Gasteiger partial charge in [0.15, 0.2) is 0 Å². The number of rotatable bonds is 4. The van der Waals surface area contributed by atoms with Crippen LogP contribution in [0.3, 0.4) is 0 Å². The van der Waals surface area contributed by atoms with Gasteiger partial charge in [-0.05, 0) is 49.7 Å². The lowest BCUT2D eigenvalue weighted by molar-refractivity contribution is 0.635. The van der Waals surface area contributed by atoms with Crippen molar-refractivity contribution in [1.82, 2.24) is 0 Å². The molecule has 2 rings (SSSR count). The van der Waals surface area contributed by atoms with E-state index >= 15 is 0 Å². The van der Waals surface area contributed by atoms with Crippen LogP contribution in [0.2, 0.25) is 0 Å². The van der Waals surface area contributed by atoms with Crippen LogP contribution in [0.1, 0.15) is 18.9 Å². The molecule has 0 aliphatic heterocycles. The summed E-state index contributed by atoms with van der Waals surface area (Å²) in [5, 5.41) is 2.60. The maximum atomic E-state index is 5.63. The SMILES string of the molecule is Cc1ccc2cc(N(C)C(C)CCN)ccc2c1. The van der Waals surface area contributed by atoms with Crippen molar-refractivity contribution in [2.45, 2.75) is 26.3 Å². The summed E-state index contributed by atoms with van der Waals surface area (Å²) < 4.78 is 0. The number of fused-ring (bicyclic) bond motifs is 1. The first-order valence-corrected chi connectivity index (χ1v) is 6.55. The first-order chi connectivity index (χ1) is 8.61. The van der Waals surface area contributed by atoms with E-state index in [0.717, 1.165) is 13.0 Å². The van der Waals surface area contributed by atoms with Gasteiger partial charge in [0.05, 0.1) is 0 Å². The fraction of sp³-hybridized carbons (Fsp3) is 0.375. The van der Waals surface area contributed by atoms with Gasteiger partial charge in [0.1, 0.15) is 0 Å². The van der Waals surface area contributed by atoms with E-state index in [0.29, 0.717) is 6.04 Å². The topological polar surface area (TPSA) is 29.3 Å². The minimum atomic E-state index is 0.470. The van der Waals surface area contributed by atoms with Gasteiger partial charge in [-0.15, -0.1) is 0 Å². The number of nitrogens with two attached hydrogens (primary N) is 1. The molecule has 0 saturated heterocycles. The molecule has 0 heterocycles. The molecule has 0 spiro atoms. The third-order valence-corrected chi connectivity index (χ3v) is 3.63. The van der Waals surface area contributed by atoms with Gasteiger partial charge in [-0.3, -0.25) is 0 Å². The van der Waals surface area contributed by atoms with Gasteiger partial charge in [-0.2, -0.15) is 0 Å². The van der Waals surface area contributed by atoms with Crippen molar-refractivity contribution >= 4 is 16.5 Å². The van der Waals surface area contributed by atoms with E-state index in [1.54, 1.807) is 0 Å². The Labute approximate surface area is 109 Å². The molecule has 96 valence electrons. The first kappa shape index (κ1) is 12.9. The summed E-state index contributed by atoms with van der Waals surface area (Å²) >= 11 is 0. The molecule has 0 aliphatic carbocycles. The predicted molar refractivity (Wildman–Crippen MR) is 80.2 cm³/mol. The van der Waals surface area contributed by atoms with E-state index in [4.69, 9.17) is 5.73 Å². The van der Waals surface area contributed by atoms with Gasteiger partial charge >= 0.3 is 0 Å². The molecule has 18 heavy (non-hydrogen) atoms. The van der Waals surface area contributed by atoms with E-state index in [1.165, 1.54) is 22.0 Å². The van der Waals surface area contributed by atoms with Gasteiger partial charge in [-0.25, -0.2) is 0 Å². The lowest BCUT2D eigenvalue weighted by Crippen LogP contribution is -2.30. The second-order valence-corrected chi connectivity index (χ2v) is 5.07. The van der Waals surface area contributed by atoms with Crippen molar-refractivity contribution in [1.29, 1.82) is 0 Å². The Morgan fingerprint density at radius 1 is 1.11 bits per heavy atom. The van der Waals surface area contributed by atoms with Crippen molar-refractivity contribution in [3.05, 3.63) is 42.0 Å². The molecule has 2 aromatic carbocycles. The Morgan fingerprint density at radius 3 is 2.50 bits per heavy atom. The Kier molecular flexibility index (Phi) is 3.87. The van der Waals surface area contributed by atoms with Crippen molar-refractivity contribution in [2.75, 3.05) is 18.5 Å². The van der Waals surface area contributed by atoms with Crippen molar-refractivity contribution in [3.63, 3.8) is 0 Å². The van der Waals surface area contributed by atoms with Crippen LogP contribution in [0.5, 0.6) is 0 Å². The molecule has 1 atom stereocenters. The molecule has 0 aliphatic rings. The second kappa shape index (κ2) is 5.40. The average Bonchev–Trinajstić information content (AvgIpc) is 2.37. The largest absolute Gasteiger partial charge is 0.372 e. The molecule has 0 saturated carbocycles. The molecule has 0 aromatic heterocycles. The molecular formula is C16H22N2.